The molecule has 0 radical (unpaired) electrons. The number of carbonyl (C=O) groups excluding carboxylic acids is 3. The number of thiophene rings is 1. The number of nitrogens with one attached hydrogen (secondary N) is 1. The molecule has 2 aromatic heterocycles. The zero-order valence-electron chi connectivity index (χ0n) is 19.7. The minimum atomic E-state index is -0.676. The number of amides is 2. The molecule has 2 amide bonds. The molecule has 0 aliphatic heterocycles. The number of rotatable bonds is 11. The van der Waals surface area contributed by atoms with Gasteiger partial charge >= 0.3 is 5.97 Å². The van der Waals surface area contributed by atoms with Gasteiger partial charge in [0, 0.05) is 13.0 Å². The molecule has 0 aliphatic carbocycles. The molecule has 3 N–H and O–H groups in total. The van der Waals surface area contributed by atoms with E-state index in [1.165, 1.54) is 11.8 Å². The summed E-state index contributed by atoms with van der Waals surface area (Å²) in [6.45, 7) is 9.33. The first-order valence-electron chi connectivity index (χ1n) is 10.8. The van der Waals surface area contributed by atoms with Crippen LogP contribution in [0.1, 0.15) is 50.8 Å². The van der Waals surface area contributed by atoms with Crippen molar-refractivity contribution in [2.24, 2.45) is 5.73 Å². The third-order valence-electron chi connectivity index (χ3n) is 4.81. The Morgan fingerprint density at radius 1 is 1.26 bits per heavy atom. The largest absolute Gasteiger partial charge is 0.459 e. The second kappa shape index (κ2) is 11.8. The first-order chi connectivity index (χ1) is 16.7. The highest BCUT2D eigenvalue weighted by Gasteiger charge is 2.26. The van der Waals surface area contributed by atoms with Gasteiger partial charge in [-0.25, -0.2) is 4.79 Å². The van der Waals surface area contributed by atoms with Crippen molar-refractivity contribution in [3.05, 3.63) is 70.4 Å². The minimum Gasteiger partial charge on any atom is -0.459 e. The number of aromatic nitrogens is 3. The van der Waals surface area contributed by atoms with Gasteiger partial charge in [0.05, 0.1) is 22.3 Å². The summed E-state index contributed by atoms with van der Waals surface area (Å²) in [6, 6.07) is 9.90. The summed E-state index contributed by atoms with van der Waals surface area (Å²) in [5, 5.41) is 12.1. The Hall–Kier alpha value is -3.44. The average molecular weight is 514 g/mol. The van der Waals surface area contributed by atoms with Crippen molar-refractivity contribution in [2.45, 2.75) is 45.0 Å². The zero-order chi connectivity index (χ0) is 25.5. The van der Waals surface area contributed by atoms with Crippen molar-refractivity contribution >= 4 is 45.9 Å². The number of carbonyl (C=O) groups is 3. The molecule has 35 heavy (non-hydrogen) atoms. The van der Waals surface area contributed by atoms with E-state index >= 15 is 0 Å². The Morgan fingerprint density at radius 2 is 1.97 bits per heavy atom. The van der Waals surface area contributed by atoms with Crippen LogP contribution < -0.4 is 11.1 Å². The van der Waals surface area contributed by atoms with Gasteiger partial charge in [0.25, 0.3) is 5.91 Å². The standard InChI is InChI=1S/C24H27N5O4S2/c1-5-11-29-17(12-16-9-7-6-8-10-16)27-28-24(29)34-13-18(30)26-22-19(23(32)33-14(2)3)15(4)20(35-22)21(25)31/h5-10,14H,1,11-13H2,2-4H3,(H2,25,31)(H,26,30). The molecular weight excluding hydrogens is 486 g/mol. The molecule has 9 nitrogen and oxygen atoms in total. The van der Waals surface area contributed by atoms with Crippen molar-refractivity contribution in [3.63, 3.8) is 0 Å². The van der Waals surface area contributed by atoms with Gasteiger partial charge in [-0.15, -0.1) is 28.1 Å². The smallest absolute Gasteiger partial charge is 0.341 e. The Bertz CT molecular complexity index is 1230. The highest BCUT2D eigenvalue weighted by molar-refractivity contribution is 7.99. The van der Waals surface area contributed by atoms with Crippen LogP contribution in [0.3, 0.4) is 0 Å². The van der Waals surface area contributed by atoms with E-state index in [1.54, 1.807) is 26.8 Å². The molecule has 1 aromatic carbocycles. The minimum absolute atomic E-state index is 0.0160. The van der Waals surface area contributed by atoms with Crippen molar-refractivity contribution in [3.8, 4) is 0 Å². The Morgan fingerprint density at radius 3 is 2.60 bits per heavy atom. The topological polar surface area (TPSA) is 129 Å². The number of hydrogen-bond donors (Lipinski definition) is 2. The van der Waals surface area contributed by atoms with Crippen molar-refractivity contribution < 1.29 is 19.1 Å². The summed E-state index contributed by atoms with van der Waals surface area (Å²) in [5.41, 5.74) is 7.06. The highest BCUT2D eigenvalue weighted by Crippen LogP contribution is 2.34. The molecule has 0 fully saturated rings. The fraction of sp³-hybridized carbons (Fsp3) is 0.292. The third-order valence-corrected chi connectivity index (χ3v) is 7.00. The summed E-state index contributed by atoms with van der Waals surface area (Å²) in [7, 11) is 0. The van der Waals surface area contributed by atoms with Crippen LogP contribution in [-0.2, 0) is 22.5 Å². The lowest BCUT2D eigenvalue weighted by atomic mass is 10.1. The lowest BCUT2D eigenvalue weighted by Gasteiger charge is -2.10. The van der Waals surface area contributed by atoms with Crippen LogP contribution >= 0.6 is 23.1 Å². The molecule has 0 bridgehead atoms. The van der Waals surface area contributed by atoms with Crippen LogP contribution in [-0.4, -0.2) is 44.4 Å². The Labute approximate surface area is 211 Å². The zero-order valence-corrected chi connectivity index (χ0v) is 21.4. The maximum absolute atomic E-state index is 12.8. The summed E-state index contributed by atoms with van der Waals surface area (Å²) in [5.74, 6) is -0.895. The van der Waals surface area contributed by atoms with Crippen molar-refractivity contribution in [1.29, 1.82) is 0 Å². The third kappa shape index (κ3) is 6.58. The molecule has 0 saturated heterocycles. The van der Waals surface area contributed by atoms with Gasteiger partial charge in [0.2, 0.25) is 5.91 Å². The number of primary amides is 1. The molecule has 2 heterocycles. The van der Waals surface area contributed by atoms with E-state index in [-0.39, 0.29) is 33.2 Å². The number of nitrogens with two attached hydrogens (primary N) is 1. The van der Waals surface area contributed by atoms with Gasteiger partial charge in [0.1, 0.15) is 10.8 Å². The summed E-state index contributed by atoms with van der Waals surface area (Å²) in [6.07, 6.45) is 1.98. The fourth-order valence-corrected chi connectivity index (χ4v) is 5.13. The number of hydrogen-bond acceptors (Lipinski definition) is 8. The van der Waals surface area contributed by atoms with Gasteiger partial charge in [-0.05, 0) is 31.9 Å². The van der Waals surface area contributed by atoms with Gasteiger partial charge in [-0.1, -0.05) is 48.2 Å². The highest BCUT2D eigenvalue weighted by atomic mass is 32.2. The normalized spacial score (nSPS) is 10.9. The van der Waals surface area contributed by atoms with Crippen LogP contribution in [0.5, 0.6) is 0 Å². The van der Waals surface area contributed by atoms with Crippen LogP contribution in [0.25, 0.3) is 0 Å². The molecular formula is C24H27N5O4S2. The molecule has 11 heteroatoms. The van der Waals surface area contributed by atoms with Crippen molar-refractivity contribution in [2.75, 3.05) is 11.1 Å². The van der Waals surface area contributed by atoms with Crippen LogP contribution in [0.2, 0.25) is 0 Å². The first kappa shape index (κ1) is 26.2. The fourth-order valence-electron chi connectivity index (χ4n) is 3.30. The molecule has 0 aliphatic rings. The van der Waals surface area contributed by atoms with Crippen LogP contribution in [0, 0.1) is 6.92 Å². The summed E-state index contributed by atoms with van der Waals surface area (Å²) < 4.78 is 7.19. The molecule has 184 valence electrons. The molecule has 3 aromatic rings. The molecule has 3 rings (SSSR count). The summed E-state index contributed by atoms with van der Waals surface area (Å²) >= 11 is 2.17. The van der Waals surface area contributed by atoms with E-state index in [0.717, 1.165) is 22.7 Å². The number of esters is 1. The van der Waals surface area contributed by atoms with E-state index in [9.17, 15) is 14.4 Å². The summed E-state index contributed by atoms with van der Waals surface area (Å²) in [4.78, 5) is 37.4. The molecule has 0 spiro atoms. The molecule has 0 atom stereocenters. The quantitative estimate of drug-likeness (QED) is 0.226. The van der Waals surface area contributed by atoms with E-state index in [2.05, 4.69) is 22.1 Å². The maximum atomic E-state index is 12.8. The lowest BCUT2D eigenvalue weighted by molar-refractivity contribution is -0.113. The lowest BCUT2D eigenvalue weighted by Crippen LogP contribution is -2.18. The van der Waals surface area contributed by atoms with Gasteiger partial charge in [-0.3, -0.25) is 9.59 Å². The number of ether oxygens (including phenoxy) is 1. The van der Waals surface area contributed by atoms with E-state index in [0.29, 0.717) is 23.7 Å². The second-order valence-corrected chi connectivity index (χ2v) is 9.84. The number of anilines is 1. The van der Waals surface area contributed by atoms with E-state index in [1.807, 2.05) is 34.9 Å². The average Bonchev–Trinajstić information content (AvgIpc) is 3.33. The maximum Gasteiger partial charge on any atom is 0.341 e. The molecule has 0 saturated carbocycles. The number of nitrogens with zero attached hydrogens (tertiary/aromatic N) is 3. The molecule has 0 unspecified atom stereocenters. The predicted molar refractivity (Wildman–Crippen MR) is 137 cm³/mol. The predicted octanol–water partition coefficient (Wildman–Crippen LogP) is 3.82. The van der Waals surface area contributed by atoms with Gasteiger partial charge < -0.3 is 20.4 Å². The SMILES string of the molecule is C=CCn1c(Cc2ccccc2)nnc1SCC(=O)Nc1sc(C(N)=O)c(C)c1C(=O)OC(C)C. The van der Waals surface area contributed by atoms with Crippen LogP contribution in [0.15, 0.2) is 48.1 Å². The van der Waals surface area contributed by atoms with Crippen molar-refractivity contribution in [1.82, 2.24) is 14.8 Å². The van der Waals surface area contributed by atoms with Crippen LogP contribution in [0.4, 0.5) is 5.00 Å². The van der Waals surface area contributed by atoms with E-state index < -0.39 is 11.9 Å². The first-order valence-corrected chi connectivity index (χ1v) is 12.6. The number of thioether (sulfide) groups is 1. The Balaban J connectivity index is 1.75. The number of allylic oxidation sites excluding steroid dienone is 1. The second-order valence-electron chi connectivity index (χ2n) is 7.88. The van der Waals surface area contributed by atoms with Gasteiger partial charge in [0.15, 0.2) is 5.16 Å². The monoisotopic (exact) mass is 513 g/mol. The number of benzene rings is 1. The van der Waals surface area contributed by atoms with E-state index in [4.69, 9.17) is 10.5 Å². The van der Waals surface area contributed by atoms with Gasteiger partial charge in [-0.2, -0.15) is 0 Å². The Kier molecular flexibility index (Phi) is 8.83.